The van der Waals surface area contributed by atoms with Gasteiger partial charge in [-0.25, -0.2) is 5.43 Å². The van der Waals surface area contributed by atoms with Crippen molar-refractivity contribution >= 4 is 11.6 Å². The normalized spacial score (nSPS) is 10.9. The molecule has 0 spiro atoms. The predicted molar refractivity (Wildman–Crippen MR) is 100 cm³/mol. The second-order valence-electron chi connectivity index (χ2n) is 5.44. The minimum atomic E-state index is -0.445. The number of hydrogen-bond donors (Lipinski definition) is 2. The average Bonchev–Trinajstić information content (AvgIpc) is 2.70. The number of hydrazone groups is 1. The second-order valence-corrected chi connectivity index (χ2v) is 5.44. The first-order chi connectivity index (χ1) is 12.9. The number of benzene rings is 2. The summed E-state index contributed by atoms with van der Waals surface area (Å²) in [7, 11) is 5.89. The number of nitrogens with zero attached hydrogens (tertiary/aromatic N) is 1. The third kappa shape index (κ3) is 4.41. The van der Waals surface area contributed by atoms with Crippen LogP contribution in [0.5, 0.6) is 28.7 Å². The summed E-state index contributed by atoms with van der Waals surface area (Å²) in [6.07, 6.45) is 0. The Hall–Kier alpha value is -3.42. The first-order valence-electron chi connectivity index (χ1n) is 7.97. The van der Waals surface area contributed by atoms with Crippen LogP contribution in [0.2, 0.25) is 0 Å². The van der Waals surface area contributed by atoms with E-state index >= 15 is 0 Å². The number of phenols is 1. The molecular formula is C19H22N2O6. The lowest BCUT2D eigenvalue weighted by Crippen LogP contribution is -2.19. The predicted octanol–water partition coefficient (Wildman–Crippen LogP) is 2.58. The Labute approximate surface area is 157 Å². The van der Waals surface area contributed by atoms with Crippen molar-refractivity contribution < 1.29 is 28.8 Å². The van der Waals surface area contributed by atoms with Crippen LogP contribution in [-0.2, 0) is 0 Å². The molecule has 0 aliphatic carbocycles. The number of carbonyl (C=O) groups excluding carboxylic acids is 1. The highest BCUT2D eigenvalue weighted by Gasteiger charge is 2.17. The van der Waals surface area contributed by atoms with Crippen LogP contribution in [0.25, 0.3) is 0 Å². The fraction of sp³-hybridized carbons (Fsp3) is 0.263. The van der Waals surface area contributed by atoms with Crippen LogP contribution in [-0.4, -0.2) is 45.2 Å². The molecule has 2 N–H and O–H groups in total. The molecule has 8 nitrogen and oxygen atoms in total. The SMILES string of the molecule is COc1cc(C(C)=NNC(=O)c2cc(OC)c(OC)c(OC)c2)ccc1O. The Kier molecular flexibility index (Phi) is 6.48. The van der Waals surface area contributed by atoms with Gasteiger partial charge in [-0.3, -0.25) is 4.79 Å². The molecule has 0 saturated carbocycles. The quantitative estimate of drug-likeness (QED) is 0.571. The summed E-state index contributed by atoms with van der Waals surface area (Å²) in [5.74, 6) is 1.03. The van der Waals surface area contributed by atoms with E-state index in [-0.39, 0.29) is 5.75 Å². The number of hydrogen-bond acceptors (Lipinski definition) is 7. The molecule has 1 amide bonds. The van der Waals surface area contributed by atoms with E-state index in [4.69, 9.17) is 18.9 Å². The van der Waals surface area contributed by atoms with E-state index in [2.05, 4.69) is 10.5 Å². The fourth-order valence-corrected chi connectivity index (χ4v) is 2.38. The summed E-state index contributed by atoms with van der Waals surface area (Å²) in [5.41, 5.74) is 4.00. The van der Waals surface area contributed by atoms with Gasteiger partial charge in [0.25, 0.3) is 5.91 Å². The van der Waals surface area contributed by atoms with E-state index in [0.29, 0.717) is 39.8 Å². The van der Waals surface area contributed by atoms with Gasteiger partial charge in [0, 0.05) is 11.1 Å². The maximum Gasteiger partial charge on any atom is 0.271 e. The molecule has 0 aliphatic heterocycles. The number of amides is 1. The van der Waals surface area contributed by atoms with Crippen molar-refractivity contribution in [3.8, 4) is 28.7 Å². The highest BCUT2D eigenvalue weighted by Crippen LogP contribution is 2.38. The minimum absolute atomic E-state index is 0.0236. The van der Waals surface area contributed by atoms with E-state index in [0.717, 1.165) is 0 Å². The van der Waals surface area contributed by atoms with E-state index in [9.17, 15) is 9.90 Å². The van der Waals surface area contributed by atoms with Crippen LogP contribution in [0.3, 0.4) is 0 Å². The van der Waals surface area contributed by atoms with Gasteiger partial charge in [-0.2, -0.15) is 5.10 Å². The molecule has 0 fully saturated rings. The Morgan fingerprint density at radius 1 is 0.889 bits per heavy atom. The minimum Gasteiger partial charge on any atom is -0.504 e. The zero-order valence-electron chi connectivity index (χ0n) is 15.8. The van der Waals surface area contributed by atoms with Crippen molar-refractivity contribution in [3.63, 3.8) is 0 Å². The van der Waals surface area contributed by atoms with Crippen LogP contribution in [0.4, 0.5) is 0 Å². The van der Waals surface area contributed by atoms with Crippen molar-refractivity contribution in [3.05, 3.63) is 41.5 Å². The van der Waals surface area contributed by atoms with Crippen LogP contribution in [0, 0.1) is 0 Å². The van der Waals surface area contributed by atoms with Gasteiger partial charge < -0.3 is 24.1 Å². The number of carbonyl (C=O) groups is 1. The van der Waals surface area contributed by atoms with Gasteiger partial charge in [-0.15, -0.1) is 0 Å². The number of rotatable bonds is 7. The molecule has 0 atom stereocenters. The van der Waals surface area contributed by atoms with Crippen LogP contribution < -0.4 is 24.4 Å². The van der Waals surface area contributed by atoms with Gasteiger partial charge in [0.2, 0.25) is 5.75 Å². The molecule has 27 heavy (non-hydrogen) atoms. The molecule has 144 valence electrons. The third-order valence-corrected chi connectivity index (χ3v) is 3.85. The van der Waals surface area contributed by atoms with Crippen molar-refractivity contribution in [2.75, 3.05) is 28.4 Å². The molecule has 0 aromatic heterocycles. The molecule has 0 unspecified atom stereocenters. The van der Waals surface area contributed by atoms with Gasteiger partial charge in [-0.05, 0) is 37.3 Å². The number of methoxy groups -OCH3 is 4. The summed E-state index contributed by atoms with van der Waals surface area (Å²) < 4.78 is 20.8. The lowest BCUT2D eigenvalue weighted by atomic mass is 10.1. The van der Waals surface area contributed by atoms with Gasteiger partial charge >= 0.3 is 0 Å². The lowest BCUT2D eigenvalue weighted by Gasteiger charge is -2.13. The molecule has 0 saturated heterocycles. The lowest BCUT2D eigenvalue weighted by molar-refractivity contribution is 0.0954. The molecule has 0 heterocycles. The molecule has 0 radical (unpaired) electrons. The van der Waals surface area contributed by atoms with Crippen LogP contribution >= 0.6 is 0 Å². The first kappa shape index (κ1) is 19.9. The fourth-order valence-electron chi connectivity index (χ4n) is 2.38. The smallest absolute Gasteiger partial charge is 0.271 e. The van der Waals surface area contributed by atoms with E-state index < -0.39 is 5.91 Å². The summed E-state index contributed by atoms with van der Waals surface area (Å²) in [4.78, 5) is 12.5. The molecular weight excluding hydrogens is 352 g/mol. The number of phenolic OH excluding ortho intramolecular Hbond substituents is 1. The summed E-state index contributed by atoms with van der Waals surface area (Å²) in [6, 6.07) is 7.85. The molecule has 0 bridgehead atoms. The number of ether oxygens (including phenoxy) is 4. The van der Waals surface area contributed by atoms with Crippen molar-refractivity contribution in [1.29, 1.82) is 0 Å². The monoisotopic (exact) mass is 374 g/mol. The number of aromatic hydroxyl groups is 1. The zero-order chi connectivity index (χ0) is 20.0. The molecule has 2 aromatic rings. The highest BCUT2D eigenvalue weighted by molar-refractivity contribution is 6.01. The molecule has 8 heteroatoms. The van der Waals surface area contributed by atoms with Gasteiger partial charge in [0.1, 0.15) is 0 Å². The third-order valence-electron chi connectivity index (χ3n) is 3.85. The molecule has 0 aliphatic rings. The standard InChI is InChI=1S/C19H22N2O6/c1-11(12-6-7-14(22)15(8-12)24-2)20-21-19(23)13-9-16(25-3)18(27-5)17(10-13)26-4/h6-10,22H,1-5H3,(H,21,23). The van der Waals surface area contributed by atoms with Gasteiger partial charge in [0.05, 0.1) is 34.2 Å². The maximum atomic E-state index is 12.5. The van der Waals surface area contributed by atoms with Crippen LogP contribution in [0.1, 0.15) is 22.8 Å². The summed E-state index contributed by atoms with van der Waals surface area (Å²) in [5, 5.41) is 13.8. The van der Waals surface area contributed by atoms with Crippen molar-refractivity contribution in [2.24, 2.45) is 5.10 Å². The molecule has 2 rings (SSSR count). The Morgan fingerprint density at radius 3 is 1.96 bits per heavy atom. The Bertz CT molecular complexity index is 838. The Balaban J connectivity index is 2.25. The van der Waals surface area contributed by atoms with Crippen molar-refractivity contribution in [2.45, 2.75) is 6.92 Å². The summed E-state index contributed by atoms with van der Waals surface area (Å²) >= 11 is 0. The van der Waals surface area contributed by atoms with E-state index in [1.165, 1.54) is 46.6 Å². The highest BCUT2D eigenvalue weighted by atomic mass is 16.5. The van der Waals surface area contributed by atoms with Gasteiger partial charge in [0.15, 0.2) is 23.0 Å². The van der Waals surface area contributed by atoms with Gasteiger partial charge in [-0.1, -0.05) is 0 Å². The van der Waals surface area contributed by atoms with Crippen LogP contribution in [0.15, 0.2) is 35.4 Å². The second kappa shape index (κ2) is 8.79. The topological polar surface area (TPSA) is 98.6 Å². The largest absolute Gasteiger partial charge is 0.504 e. The number of nitrogens with one attached hydrogen (secondary N) is 1. The Morgan fingerprint density at radius 2 is 1.44 bits per heavy atom. The first-order valence-corrected chi connectivity index (χ1v) is 7.97. The molecule has 2 aromatic carbocycles. The van der Waals surface area contributed by atoms with E-state index in [1.54, 1.807) is 19.1 Å². The van der Waals surface area contributed by atoms with E-state index in [1.807, 2.05) is 0 Å². The zero-order valence-corrected chi connectivity index (χ0v) is 15.8. The maximum absolute atomic E-state index is 12.5. The van der Waals surface area contributed by atoms with Crippen molar-refractivity contribution in [1.82, 2.24) is 5.43 Å². The summed E-state index contributed by atoms with van der Waals surface area (Å²) in [6.45, 7) is 1.72. The average molecular weight is 374 g/mol.